The van der Waals surface area contributed by atoms with E-state index in [0.717, 1.165) is 33.9 Å². The first-order valence-corrected chi connectivity index (χ1v) is 8.76. The summed E-state index contributed by atoms with van der Waals surface area (Å²) in [4.78, 5) is 4.57. The number of methoxy groups -OCH3 is 2. The Morgan fingerprint density at radius 2 is 1.75 bits per heavy atom. The number of nitrogens with two attached hydrogens (primary N) is 1. The van der Waals surface area contributed by atoms with Gasteiger partial charge < -0.3 is 15.2 Å². The fourth-order valence-corrected chi connectivity index (χ4v) is 3.21. The van der Waals surface area contributed by atoms with Crippen LogP contribution >= 0.6 is 11.8 Å². The lowest BCUT2D eigenvalue weighted by molar-refractivity contribution is 0.354. The molecular formula is C19H24N2O2S. The average Bonchev–Trinajstić information content (AvgIpc) is 2.61. The van der Waals surface area contributed by atoms with Gasteiger partial charge in [0.1, 0.15) is 0 Å². The third-order valence-corrected chi connectivity index (χ3v) is 4.68. The van der Waals surface area contributed by atoms with Gasteiger partial charge in [0, 0.05) is 5.75 Å². The van der Waals surface area contributed by atoms with E-state index in [1.54, 1.807) is 14.2 Å². The van der Waals surface area contributed by atoms with Crippen molar-refractivity contribution in [1.82, 2.24) is 0 Å². The second kappa shape index (κ2) is 8.64. The molecule has 2 aromatic rings. The van der Waals surface area contributed by atoms with Crippen LogP contribution in [0.25, 0.3) is 0 Å². The van der Waals surface area contributed by atoms with Gasteiger partial charge in [-0.25, -0.2) is 0 Å². The van der Waals surface area contributed by atoms with Crippen LogP contribution in [0.15, 0.2) is 47.5 Å². The van der Waals surface area contributed by atoms with Gasteiger partial charge >= 0.3 is 0 Å². The van der Waals surface area contributed by atoms with Crippen LogP contribution in [0.2, 0.25) is 0 Å². The van der Waals surface area contributed by atoms with Crippen molar-refractivity contribution in [1.29, 1.82) is 0 Å². The lowest BCUT2D eigenvalue weighted by atomic mass is 10.1. The Bertz CT molecular complexity index is 702. The molecule has 2 aromatic carbocycles. The molecule has 1 atom stereocenters. The third-order valence-electron chi connectivity index (χ3n) is 3.82. The molecule has 2 N–H and O–H groups in total. The highest BCUT2D eigenvalue weighted by molar-refractivity contribution is 8.13. The minimum Gasteiger partial charge on any atom is -0.493 e. The van der Waals surface area contributed by atoms with E-state index in [0.29, 0.717) is 5.17 Å². The summed E-state index contributed by atoms with van der Waals surface area (Å²) in [6.45, 7) is 4.10. The minimum atomic E-state index is 0.0465. The maximum atomic E-state index is 6.09. The van der Waals surface area contributed by atoms with Gasteiger partial charge in [-0.1, -0.05) is 42.1 Å². The molecule has 0 saturated carbocycles. The third kappa shape index (κ3) is 4.68. The molecule has 0 amide bonds. The number of amidine groups is 1. The highest BCUT2D eigenvalue weighted by Gasteiger charge is 2.10. The molecule has 0 aliphatic rings. The van der Waals surface area contributed by atoms with Crippen molar-refractivity contribution in [2.24, 2.45) is 10.7 Å². The Morgan fingerprint density at radius 1 is 1.12 bits per heavy atom. The van der Waals surface area contributed by atoms with E-state index < -0.39 is 0 Å². The average molecular weight is 344 g/mol. The number of ether oxygens (including phenoxy) is 2. The Hall–Kier alpha value is -2.14. The molecule has 128 valence electrons. The molecule has 0 heterocycles. The number of benzene rings is 2. The first kappa shape index (κ1) is 18.2. The lowest BCUT2D eigenvalue weighted by Crippen LogP contribution is -2.09. The van der Waals surface area contributed by atoms with Crippen molar-refractivity contribution in [2.75, 3.05) is 14.2 Å². The number of aryl methyl sites for hydroxylation is 1. The summed E-state index contributed by atoms with van der Waals surface area (Å²) in [6.07, 6.45) is 0. The van der Waals surface area contributed by atoms with Crippen LogP contribution in [0.4, 0.5) is 0 Å². The van der Waals surface area contributed by atoms with Gasteiger partial charge in [0.15, 0.2) is 16.7 Å². The van der Waals surface area contributed by atoms with E-state index in [-0.39, 0.29) is 6.04 Å². The molecule has 0 radical (unpaired) electrons. The molecule has 0 aliphatic carbocycles. The second-order valence-corrected chi connectivity index (χ2v) is 6.47. The first-order valence-electron chi connectivity index (χ1n) is 7.77. The molecule has 0 aliphatic heterocycles. The zero-order valence-electron chi connectivity index (χ0n) is 14.6. The van der Waals surface area contributed by atoms with Crippen molar-refractivity contribution in [2.45, 2.75) is 25.6 Å². The number of nitrogens with zero attached hydrogens (tertiary/aromatic N) is 1. The standard InChI is InChI=1S/C19H24N2O2S/c1-13-10-17(22-3)18(23-4)11-16(13)12-24-19(20)21-14(2)15-8-6-5-7-9-15/h5-11,14H,12H2,1-4H3,(H2,20,21)/t14-/m1/s1. The van der Waals surface area contributed by atoms with Crippen molar-refractivity contribution in [3.05, 3.63) is 59.2 Å². The molecule has 24 heavy (non-hydrogen) atoms. The fraction of sp³-hybridized carbons (Fsp3) is 0.316. The quantitative estimate of drug-likeness (QED) is 0.626. The zero-order chi connectivity index (χ0) is 17.5. The van der Waals surface area contributed by atoms with E-state index in [1.165, 1.54) is 11.8 Å². The van der Waals surface area contributed by atoms with Crippen LogP contribution < -0.4 is 15.2 Å². The van der Waals surface area contributed by atoms with Crippen molar-refractivity contribution in [3.63, 3.8) is 0 Å². The fourth-order valence-electron chi connectivity index (χ4n) is 2.36. The molecule has 5 heteroatoms. The number of thioether (sulfide) groups is 1. The minimum absolute atomic E-state index is 0.0465. The molecule has 0 fully saturated rings. The molecule has 2 rings (SSSR count). The van der Waals surface area contributed by atoms with E-state index >= 15 is 0 Å². The van der Waals surface area contributed by atoms with Crippen LogP contribution in [0.1, 0.15) is 29.7 Å². The Morgan fingerprint density at radius 3 is 2.38 bits per heavy atom. The van der Waals surface area contributed by atoms with Gasteiger partial charge in [-0.05, 0) is 42.7 Å². The molecule has 0 bridgehead atoms. The number of hydrogen-bond donors (Lipinski definition) is 1. The lowest BCUT2D eigenvalue weighted by Gasteiger charge is -2.13. The van der Waals surface area contributed by atoms with Gasteiger partial charge in [-0.15, -0.1) is 0 Å². The summed E-state index contributed by atoms with van der Waals surface area (Å²) in [5, 5.41) is 0.584. The van der Waals surface area contributed by atoms with Crippen LogP contribution in [-0.4, -0.2) is 19.4 Å². The molecule has 0 unspecified atom stereocenters. The topological polar surface area (TPSA) is 56.8 Å². The van der Waals surface area contributed by atoms with Crippen LogP contribution in [0.3, 0.4) is 0 Å². The monoisotopic (exact) mass is 344 g/mol. The molecule has 4 nitrogen and oxygen atoms in total. The second-order valence-electron chi connectivity index (χ2n) is 5.48. The highest BCUT2D eigenvalue weighted by atomic mass is 32.2. The van der Waals surface area contributed by atoms with Gasteiger partial charge in [0.2, 0.25) is 0 Å². The van der Waals surface area contributed by atoms with Gasteiger partial charge in [-0.3, -0.25) is 4.99 Å². The summed E-state index contributed by atoms with van der Waals surface area (Å²) in [5.74, 6) is 2.21. The smallest absolute Gasteiger partial charge is 0.161 e. The van der Waals surface area contributed by atoms with Crippen molar-refractivity contribution in [3.8, 4) is 11.5 Å². The summed E-state index contributed by atoms with van der Waals surface area (Å²) >= 11 is 1.53. The summed E-state index contributed by atoms with van der Waals surface area (Å²) in [5.41, 5.74) is 9.55. The molecule has 0 aromatic heterocycles. The van der Waals surface area contributed by atoms with E-state index in [2.05, 4.69) is 24.0 Å². The van der Waals surface area contributed by atoms with Crippen LogP contribution in [0, 0.1) is 6.92 Å². The summed E-state index contributed by atoms with van der Waals surface area (Å²) in [6, 6.07) is 14.2. The van der Waals surface area contributed by atoms with Gasteiger partial charge in [-0.2, -0.15) is 0 Å². The maximum absolute atomic E-state index is 6.09. The van der Waals surface area contributed by atoms with Crippen LogP contribution in [0.5, 0.6) is 11.5 Å². The van der Waals surface area contributed by atoms with Gasteiger partial charge in [0.25, 0.3) is 0 Å². The number of hydrogen-bond acceptors (Lipinski definition) is 4. The first-order chi connectivity index (χ1) is 11.5. The van der Waals surface area contributed by atoms with Gasteiger partial charge in [0.05, 0.1) is 20.3 Å². The largest absolute Gasteiger partial charge is 0.493 e. The van der Waals surface area contributed by atoms with Crippen molar-refractivity contribution >= 4 is 16.9 Å². The normalized spacial score (nSPS) is 12.8. The van der Waals surface area contributed by atoms with E-state index in [1.807, 2.05) is 37.3 Å². The Labute approximate surface area is 148 Å². The van der Waals surface area contributed by atoms with E-state index in [4.69, 9.17) is 15.2 Å². The molecule has 0 saturated heterocycles. The Kier molecular flexibility index (Phi) is 6.55. The predicted octanol–water partition coefficient (Wildman–Crippen LogP) is 4.32. The van der Waals surface area contributed by atoms with E-state index in [9.17, 15) is 0 Å². The summed E-state index contributed by atoms with van der Waals surface area (Å²) < 4.78 is 10.7. The van der Waals surface area contributed by atoms with Crippen molar-refractivity contribution < 1.29 is 9.47 Å². The zero-order valence-corrected chi connectivity index (χ0v) is 15.4. The highest BCUT2D eigenvalue weighted by Crippen LogP contribution is 2.32. The molecular weight excluding hydrogens is 320 g/mol. The van der Waals surface area contributed by atoms with Crippen LogP contribution in [-0.2, 0) is 5.75 Å². The number of aliphatic imine (C=N–C) groups is 1. The predicted molar refractivity (Wildman–Crippen MR) is 102 cm³/mol. The summed E-state index contributed by atoms with van der Waals surface area (Å²) in [7, 11) is 3.28. The Balaban J connectivity index is 2.06. The maximum Gasteiger partial charge on any atom is 0.161 e. The number of rotatable bonds is 6. The SMILES string of the molecule is COc1cc(C)c(CSC(N)=N[C@H](C)c2ccccc2)cc1OC. The molecule has 0 spiro atoms.